The van der Waals surface area contributed by atoms with Crippen LogP contribution in [-0.4, -0.2) is 11.1 Å². The maximum Gasteiger partial charge on any atom is 0.303 e. The van der Waals surface area contributed by atoms with Crippen molar-refractivity contribution in [2.75, 3.05) is 0 Å². The minimum absolute atomic E-state index is 0.161. The highest BCUT2D eigenvalue weighted by Gasteiger charge is 2.21. The van der Waals surface area contributed by atoms with Crippen molar-refractivity contribution in [3.63, 3.8) is 0 Å². The van der Waals surface area contributed by atoms with E-state index in [2.05, 4.69) is 0 Å². The van der Waals surface area contributed by atoms with Gasteiger partial charge in [0.15, 0.2) is 0 Å². The van der Waals surface area contributed by atoms with Crippen LogP contribution in [0.15, 0.2) is 24.3 Å². The standard InChI is InChI=1S/C13H17FO2/c1-13(2,9-12(15)16)8-7-10-3-5-11(14)6-4-10/h3-6H,7-9H2,1-2H3,(H,15,16). The molecule has 0 aliphatic rings. The molecule has 2 nitrogen and oxygen atoms in total. The Morgan fingerprint density at radius 3 is 2.38 bits per heavy atom. The van der Waals surface area contributed by atoms with Crippen molar-refractivity contribution >= 4 is 5.97 Å². The van der Waals surface area contributed by atoms with Crippen molar-refractivity contribution in [2.45, 2.75) is 33.1 Å². The highest BCUT2D eigenvalue weighted by atomic mass is 19.1. The van der Waals surface area contributed by atoms with Crippen molar-refractivity contribution in [2.24, 2.45) is 5.41 Å². The van der Waals surface area contributed by atoms with E-state index in [1.807, 2.05) is 13.8 Å². The summed E-state index contributed by atoms with van der Waals surface area (Å²) in [5, 5.41) is 8.73. The lowest BCUT2D eigenvalue weighted by Crippen LogP contribution is -2.17. The zero-order valence-electron chi connectivity index (χ0n) is 9.66. The van der Waals surface area contributed by atoms with Crippen LogP contribution in [-0.2, 0) is 11.2 Å². The molecule has 0 aliphatic carbocycles. The number of carboxylic acids is 1. The lowest BCUT2D eigenvalue weighted by molar-refractivity contribution is -0.139. The first kappa shape index (κ1) is 12.7. The average molecular weight is 224 g/mol. The van der Waals surface area contributed by atoms with Crippen molar-refractivity contribution in [3.8, 4) is 0 Å². The molecule has 0 aliphatic heterocycles. The first-order valence-electron chi connectivity index (χ1n) is 5.35. The predicted molar refractivity (Wildman–Crippen MR) is 60.8 cm³/mol. The summed E-state index contributed by atoms with van der Waals surface area (Å²) < 4.78 is 12.7. The van der Waals surface area contributed by atoms with Gasteiger partial charge in [0, 0.05) is 0 Å². The molecule has 0 saturated heterocycles. The smallest absolute Gasteiger partial charge is 0.303 e. The SMILES string of the molecule is CC(C)(CCc1ccc(F)cc1)CC(=O)O. The Balaban J connectivity index is 2.50. The minimum atomic E-state index is -0.774. The second kappa shape index (κ2) is 5.10. The highest BCUT2D eigenvalue weighted by molar-refractivity contribution is 5.67. The number of carbonyl (C=O) groups is 1. The van der Waals surface area contributed by atoms with Gasteiger partial charge in [-0.3, -0.25) is 4.79 Å². The van der Waals surface area contributed by atoms with E-state index in [4.69, 9.17) is 5.11 Å². The minimum Gasteiger partial charge on any atom is -0.481 e. The van der Waals surface area contributed by atoms with Crippen LogP contribution in [0.2, 0.25) is 0 Å². The number of rotatable bonds is 5. The molecule has 1 N–H and O–H groups in total. The zero-order valence-corrected chi connectivity index (χ0v) is 9.66. The van der Waals surface area contributed by atoms with Gasteiger partial charge in [0.2, 0.25) is 0 Å². The fraction of sp³-hybridized carbons (Fsp3) is 0.462. The average Bonchev–Trinajstić information content (AvgIpc) is 2.15. The molecule has 1 rings (SSSR count). The van der Waals surface area contributed by atoms with Crippen molar-refractivity contribution in [1.82, 2.24) is 0 Å². The molecule has 0 spiro atoms. The number of benzene rings is 1. The van der Waals surface area contributed by atoms with Crippen LogP contribution < -0.4 is 0 Å². The number of carboxylic acid groups (broad SMARTS) is 1. The van der Waals surface area contributed by atoms with Gasteiger partial charge in [0.25, 0.3) is 0 Å². The van der Waals surface area contributed by atoms with Crippen molar-refractivity contribution in [3.05, 3.63) is 35.6 Å². The normalized spacial score (nSPS) is 11.4. The van der Waals surface area contributed by atoms with E-state index in [0.717, 1.165) is 18.4 Å². The molecule has 88 valence electrons. The van der Waals surface area contributed by atoms with E-state index < -0.39 is 5.97 Å². The lowest BCUT2D eigenvalue weighted by Gasteiger charge is -2.22. The topological polar surface area (TPSA) is 37.3 Å². The van der Waals surface area contributed by atoms with Gasteiger partial charge in [-0.2, -0.15) is 0 Å². The quantitative estimate of drug-likeness (QED) is 0.833. The molecule has 3 heteroatoms. The van der Waals surface area contributed by atoms with Crippen LogP contribution in [0.3, 0.4) is 0 Å². The predicted octanol–water partition coefficient (Wildman–Crippen LogP) is 3.26. The van der Waals surface area contributed by atoms with Crippen LogP contribution in [0.25, 0.3) is 0 Å². The molecule has 0 saturated carbocycles. The maximum absolute atomic E-state index is 12.7. The third-order valence-corrected chi connectivity index (χ3v) is 2.63. The number of halogens is 1. The molecule has 0 fully saturated rings. The summed E-state index contributed by atoms with van der Waals surface area (Å²) in [6.07, 6.45) is 1.72. The highest BCUT2D eigenvalue weighted by Crippen LogP contribution is 2.26. The summed E-state index contributed by atoms with van der Waals surface area (Å²) >= 11 is 0. The third-order valence-electron chi connectivity index (χ3n) is 2.63. The van der Waals surface area contributed by atoms with Gasteiger partial charge in [-0.05, 0) is 36.0 Å². The molecule has 0 amide bonds. The molecule has 1 aromatic rings. The fourth-order valence-electron chi connectivity index (χ4n) is 1.63. The number of hydrogen-bond acceptors (Lipinski definition) is 1. The van der Waals surface area contributed by atoms with Crippen LogP contribution in [0.5, 0.6) is 0 Å². The Hall–Kier alpha value is -1.38. The summed E-state index contributed by atoms with van der Waals surface area (Å²) in [5.41, 5.74) is 0.820. The van der Waals surface area contributed by atoms with Gasteiger partial charge in [-0.1, -0.05) is 26.0 Å². The number of aliphatic carboxylic acids is 1. The third kappa shape index (κ3) is 4.43. The van der Waals surface area contributed by atoms with Gasteiger partial charge in [0.1, 0.15) is 5.82 Å². The second-order valence-corrected chi connectivity index (χ2v) is 4.86. The van der Waals surface area contributed by atoms with Crippen LogP contribution in [0.1, 0.15) is 32.3 Å². The maximum atomic E-state index is 12.7. The monoisotopic (exact) mass is 224 g/mol. The summed E-state index contributed by atoms with van der Waals surface area (Å²) in [5.74, 6) is -1.02. The van der Waals surface area contributed by atoms with Crippen LogP contribution in [0, 0.1) is 11.2 Å². The molecule has 16 heavy (non-hydrogen) atoms. The van der Waals surface area contributed by atoms with E-state index in [1.165, 1.54) is 12.1 Å². The zero-order chi connectivity index (χ0) is 12.2. The van der Waals surface area contributed by atoms with Gasteiger partial charge in [0.05, 0.1) is 6.42 Å². The first-order chi connectivity index (χ1) is 7.39. The van der Waals surface area contributed by atoms with E-state index in [0.29, 0.717) is 0 Å². The summed E-state index contributed by atoms with van der Waals surface area (Å²) in [4.78, 5) is 10.6. The molecule has 0 radical (unpaired) electrons. The van der Waals surface area contributed by atoms with Crippen molar-refractivity contribution < 1.29 is 14.3 Å². The number of aryl methyl sites for hydroxylation is 1. The van der Waals surface area contributed by atoms with E-state index in [9.17, 15) is 9.18 Å². The molecule has 0 bridgehead atoms. The van der Waals surface area contributed by atoms with Gasteiger partial charge < -0.3 is 5.11 Å². The van der Waals surface area contributed by atoms with Crippen LogP contribution >= 0.6 is 0 Å². The Labute approximate surface area is 95.1 Å². The molecular formula is C13H17FO2. The lowest BCUT2D eigenvalue weighted by atomic mass is 9.83. The molecule has 0 atom stereocenters. The Morgan fingerprint density at radius 2 is 1.88 bits per heavy atom. The fourth-order valence-corrected chi connectivity index (χ4v) is 1.63. The van der Waals surface area contributed by atoms with Gasteiger partial charge in [-0.25, -0.2) is 4.39 Å². The van der Waals surface area contributed by atoms with Crippen molar-refractivity contribution in [1.29, 1.82) is 0 Å². The molecule has 0 aromatic heterocycles. The Kier molecular flexibility index (Phi) is 4.05. The van der Waals surface area contributed by atoms with Gasteiger partial charge >= 0.3 is 5.97 Å². The first-order valence-corrected chi connectivity index (χ1v) is 5.35. The van der Waals surface area contributed by atoms with E-state index in [-0.39, 0.29) is 17.7 Å². The Bertz CT molecular complexity index is 355. The van der Waals surface area contributed by atoms with Gasteiger partial charge in [-0.15, -0.1) is 0 Å². The Morgan fingerprint density at radius 1 is 1.31 bits per heavy atom. The summed E-state index contributed by atoms with van der Waals surface area (Å²) in [7, 11) is 0. The molecule has 0 unspecified atom stereocenters. The molecule has 1 aromatic carbocycles. The van der Waals surface area contributed by atoms with E-state index in [1.54, 1.807) is 12.1 Å². The van der Waals surface area contributed by atoms with E-state index >= 15 is 0 Å². The van der Waals surface area contributed by atoms with Crippen LogP contribution in [0.4, 0.5) is 4.39 Å². The molecular weight excluding hydrogens is 207 g/mol. The largest absolute Gasteiger partial charge is 0.481 e. The molecule has 0 heterocycles. The second-order valence-electron chi connectivity index (χ2n) is 4.86. The summed E-state index contributed by atoms with van der Waals surface area (Å²) in [6.45, 7) is 3.87. The summed E-state index contributed by atoms with van der Waals surface area (Å²) in [6, 6.07) is 6.34. The number of hydrogen-bond donors (Lipinski definition) is 1.